The van der Waals surface area contributed by atoms with Gasteiger partial charge in [0.2, 0.25) is 0 Å². The summed E-state index contributed by atoms with van der Waals surface area (Å²) >= 11 is 0. The largest absolute Gasteiger partial charge is 0.756 e. The number of esters is 1. The van der Waals surface area contributed by atoms with Crippen LogP contribution in [0.3, 0.4) is 0 Å². The summed E-state index contributed by atoms with van der Waals surface area (Å²) in [6.07, 6.45) is 57.5. The summed E-state index contributed by atoms with van der Waals surface area (Å²) in [5.41, 5.74) is 0. The first kappa shape index (κ1) is 57.7. The summed E-state index contributed by atoms with van der Waals surface area (Å²) in [6, 6.07) is 0. The van der Waals surface area contributed by atoms with E-state index in [0.717, 1.165) is 83.5 Å². The molecule has 2 unspecified atom stereocenters. The van der Waals surface area contributed by atoms with Crippen molar-refractivity contribution in [3.8, 4) is 0 Å². The van der Waals surface area contributed by atoms with Crippen molar-refractivity contribution in [2.75, 3.05) is 54.1 Å². The molecule has 0 radical (unpaired) electrons. The first-order valence-electron chi connectivity index (χ1n) is 23.8. The molecule has 0 aromatic heterocycles. The van der Waals surface area contributed by atoms with Crippen LogP contribution in [0.4, 0.5) is 0 Å². The molecule has 0 aliphatic rings. The number of carbonyl (C=O) groups is 1. The van der Waals surface area contributed by atoms with Gasteiger partial charge in [0.1, 0.15) is 19.3 Å². The summed E-state index contributed by atoms with van der Waals surface area (Å²) in [5.74, 6) is -0.352. The van der Waals surface area contributed by atoms with Gasteiger partial charge in [-0.2, -0.15) is 0 Å². The number of quaternary nitrogens is 1. The number of hydrogen-bond acceptors (Lipinski definition) is 7. The first-order valence-corrected chi connectivity index (χ1v) is 25.3. The van der Waals surface area contributed by atoms with Crippen molar-refractivity contribution < 1.29 is 37.3 Å². The molecule has 0 rings (SSSR count). The lowest BCUT2D eigenvalue weighted by Gasteiger charge is -2.28. The first-order chi connectivity index (χ1) is 29.1. The van der Waals surface area contributed by atoms with Crippen molar-refractivity contribution in [3.05, 3.63) is 85.1 Å². The van der Waals surface area contributed by atoms with E-state index in [1.807, 2.05) is 21.1 Å². The SMILES string of the molecule is CC/C=C\C/C=C\C/C=C\C/C=C\C/C=C\C/C=C\C/C=C\CCCCOCC(COP(=O)([O-])OCC[N+](C)(C)C)OC(=O)CCCCCCCCCCCCCCCC. The number of rotatable bonds is 43. The molecule has 60 heavy (non-hydrogen) atoms. The summed E-state index contributed by atoms with van der Waals surface area (Å²) in [5, 5.41) is 0. The Morgan fingerprint density at radius 3 is 1.42 bits per heavy atom. The van der Waals surface area contributed by atoms with Crippen LogP contribution in [0.1, 0.15) is 174 Å². The highest BCUT2D eigenvalue weighted by molar-refractivity contribution is 7.45. The lowest BCUT2D eigenvalue weighted by Crippen LogP contribution is -2.37. The lowest BCUT2D eigenvalue weighted by atomic mass is 10.0. The Bertz CT molecular complexity index is 1230. The van der Waals surface area contributed by atoms with Crippen molar-refractivity contribution in [2.24, 2.45) is 0 Å². The van der Waals surface area contributed by atoms with Gasteiger partial charge in [-0.25, -0.2) is 0 Å². The summed E-state index contributed by atoms with van der Waals surface area (Å²) in [7, 11) is 1.32. The van der Waals surface area contributed by atoms with E-state index in [-0.39, 0.29) is 25.8 Å². The van der Waals surface area contributed by atoms with Crippen LogP contribution >= 0.6 is 7.82 Å². The molecule has 2 atom stereocenters. The highest BCUT2D eigenvalue weighted by atomic mass is 31.2. The zero-order chi connectivity index (χ0) is 44.1. The molecular formula is C51H90NO7P. The highest BCUT2D eigenvalue weighted by Crippen LogP contribution is 2.38. The van der Waals surface area contributed by atoms with Crippen LogP contribution in [-0.2, 0) is 27.9 Å². The maximum absolute atomic E-state index is 12.7. The monoisotopic (exact) mass is 860 g/mol. The number of phosphoric acid groups is 1. The van der Waals surface area contributed by atoms with Crippen molar-refractivity contribution in [3.63, 3.8) is 0 Å². The average Bonchev–Trinajstić information content (AvgIpc) is 3.20. The van der Waals surface area contributed by atoms with Crippen LogP contribution < -0.4 is 4.89 Å². The van der Waals surface area contributed by atoms with Crippen molar-refractivity contribution in [1.82, 2.24) is 0 Å². The van der Waals surface area contributed by atoms with Crippen LogP contribution in [0.25, 0.3) is 0 Å². The molecule has 0 aromatic carbocycles. The van der Waals surface area contributed by atoms with Gasteiger partial charge in [-0.3, -0.25) is 9.36 Å². The van der Waals surface area contributed by atoms with Gasteiger partial charge in [0.25, 0.3) is 7.82 Å². The zero-order valence-corrected chi connectivity index (χ0v) is 40.0. The smallest absolute Gasteiger partial charge is 0.306 e. The minimum Gasteiger partial charge on any atom is -0.756 e. The molecule has 0 spiro atoms. The number of unbranched alkanes of at least 4 members (excludes halogenated alkanes) is 15. The van der Waals surface area contributed by atoms with E-state index in [4.69, 9.17) is 18.5 Å². The van der Waals surface area contributed by atoms with Crippen molar-refractivity contribution in [1.29, 1.82) is 0 Å². The predicted molar refractivity (Wildman–Crippen MR) is 254 cm³/mol. The second kappa shape index (κ2) is 43.3. The van der Waals surface area contributed by atoms with Gasteiger partial charge in [-0.15, -0.1) is 0 Å². The average molecular weight is 860 g/mol. The molecule has 0 aromatic rings. The topological polar surface area (TPSA) is 94.1 Å². The fraction of sp³-hybridized carbons (Fsp3) is 0.706. The van der Waals surface area contributed by atoms with E-state index in [2.05, 4.69) is 98.9 Å². The Morgan fingerprint density at radius 2 is 0.967 bits per heavy atom. The maximum Gasteiger partial charge on any atom is 0.306 e. The Hall–Kier alpha value is -2.32. The lowest BCUT2D eigenvalue weighted by molar-refractivity contribution is -0.870. The summed E-state index contributed by atoms with van der Waals surface area (Å²) in [6.45, 7) is 5.17. The molecule has 8 nitrogen and oxygen atoms in total. The molecule has 0 bridgehead atoms. The minimum absolute atomic E-state index is 0.0141. The Kier molecular flexibility index (Phi) is 41.7. The third-order valence-corrected chi connectivity index (χ3v) is 10.7. The molecule has 0 heterocycles. The molecule has 346 valence electrons. The fourth-order valence-corrected chi connectivity index (χ4v) is 6.78. The number of hydrogen-bond donors (Lipinski definition) is 0. The van der Waals surface area contributed by atoms with Gasteiger partial charge in [0.15, 0.2) is 0 Å². The quantitative estimate of drug-likeness (QED) is 0.0198. The number of ether oxygens (including phenoxy) is 2. The number of phosphoric ester groups is 1. The molecule has 0 amide bonds. The molecule has 0 aliphatic carbocycles. The fourth-order valence-electron chi connectivity index (χ4n) is 6.05. The normalized spacial score (nSPS) is 14.4. The van der Waals surface area contributed by atoms with E-state index >= 15 is 0 Å². The van der Waals surface area contributed by atoms with Gasteiger partial charge in [0.05, 0.1) is 34.4 Å². The Labute approximate surface area is 369 Å². The number of likely N-dealkylation sites (N-methyl/N-ethyl adjacent to an activating group) is 1. The van der Waals surface area contributed by atoms with Gasteiger partial charge < -0.3 is 27.9 Å². The minimum atomic E-state index is -4.54. The third kappa shape index (κ3) is 46.7. The Morgan fingerprint density at radius 1 is 0.533 bits per heavy atom. The van der Waals surface area contributed by atoms with E-state index in [9.17, 15) is 14.3 Å². The van der Waals surface area contributed by atoms with Crippen LogP contribution in [-0.4, -0.2) is 70.7 Å². The van der Waals surface area contributed by atoms with Gasteiger partial charge in [-0.05, 0) is 70.6 Å². The molecule has 0 saturated heterocycles. The molecule has 0 fully saturated rings. The zero-order valence-electron chi connectivity index (χ0n) is 39.1. The highest BCUT2D eigenvalue weighted by Gasteiger charge is 2.20. The van der Waals surface area contributed by atoms with Crippen molar-refractivity contribution in [2.45, 2.75) is 180 Å². The van der Waals surface area contributed by atoms with Crippen LogP contribution in [0.15, 0.2) is 85.1 Å². The van der Waals surface area contributed by atoms with Crippen LogP contribution in [0, 0.1) is 0 Å². The molecular weight excluding hydrogens is 770 g/mol. The number of allylic oxidation sites excluding steroid dienone is 14. The van der Waals surface area contributed by atoms with Crippen LogP contribution in [0.2, 0.25) is 0 Å². The molecule has 0 saturated carbocycles. The maximum atomic E-state index is 12.7. The second-order valence-electron chi connectivity index (χ2n) is 16.7. The second-order valence-corrected chi connectivity index (χ2v) is 18.2. The van der Waals surface area contributed by atoms with Gasteiger partial charge in [0, 0.05) is 13.0 Å². The summed E-state index contributed by atoms with van der Waals surface area (Å²) < 4.78 is 34.6. The van der Waals surface area contributed by atoms with Crippen LogP contribution in [0.5, 0.6) is 0 Å². The standard InChI is InChI=1S/C51H90NO7P/c1-6-8-10-12-14-16-18-20-22-23-24-25-26-27-28-29-30-31-33-35-37-39-41-43-46-56-48-50(49-58-60(54,55)57-47-45-52(3,4)5)59-51(53)44-42-40-38-36-34-32-21-19-17-15-13-11-9-7-2/h8,10,14,16,20,22,24-25,27-28,30-31,35,37,50H,6-7,9,11-13,15,17-19,21,23,26,29,32-34,36,38-49H2,1-5H3/b10-8-,16-14-,22-20-,25-24-,28-27-,31-30-,37-35-. The van der Waals surface area contributed by atoms with Gasteiger partial charge in [-0.1, -0.05) is 182 Å². The Balaban J connectivity index is 4.29. The molecule has 0 aliphatic heterocycles. The van der Waals surface area contributed by atoms with E-state index in [1.165, 1.54) is 70.6 Å². The number of nitrogens with zero attached hydrogens (tertiary/aromatic N) is 1. The van der Waals surface area contributed by atoms with Crippen molar-refractivity contribution >= 4 is 13.8 Å². The molecule has 0 N–H and O–H groups in total. The molecule has 9 heteroatoms. The van der Waals surface area contributed by atoms with E-state index in [1.54, 1.807) is 0 Å². The van der Waals surface area contributed by atoms with Gasteiger partial charge >= 0.3 is 5.97 Å². The predicted octanol–water partition coefficient (Wildman–Crippen LogP) is 13.8. The van der Waals surface area contributed by atoms with E-state index in [0.29, 0.717) is 24.1 Å². The third-order valence-electron chi connectivity index (χ3n) is 9.71. The van der Waals surface area contributed by atoms with E-state index < -0.39 is 13.9 Å². The summed E-state index contributed by atoms with van der Waals surface area (Å²) in [4.78, 5) is 25.1. The number of carbonyl (C=O) groups excluding carboxylic acids is 1.